The summed E-state index contributed by atoms with van der Waals surface area (Å²) < 4.78 is 11.2. The molecule has 1 aromatic rings. The first-order chi connectivity index (χ1) is 8.62. The van der Waals surface area contributed by atoms with E-state index in [-0.39, 0.29) is 5.41 Å². The van der Waals surface area contributed by atoms with Gasteiger partial charge in [0.15, 0.2) is 0 Å². The molecule has 0 fully saturated rings. The van der Waals surface area contributed by atoms with E-state index in [1.165, 1.54) is 5.56 Å². The third-order valence-corrected chi connectivity index (χ3v) is 3.58. The molecule has 0 radical (unpaired) electrons. The first-order valence-corrected chi connectivity index (χ1v) is 6.83. The summed E-state index contributed by atoms with van der Waals surface area (Å²) >= 11 is 0. The summed E-state index contributed by atoms with van der Waals surface area (Å²) in [5.74, 6) is 0.375. The third-order valence-electron chi connectivity index (χ3n) is 3.58. The van der Waals surface area contributed by atoms with Crippen molar-refractivity contribution in [3.05, 3.63) is 35.9 Å². The Morgan fingerprint density at radius 3 is 1.89 bits per heavy atom. The van der Waals surface area contributed by atoms with Gasteiger partial charge in [-0.05, 0) is 24.8 Å². The van der Waals surface area contributed by atoms with Crippen LogP contribution in [-0.2, 0) is 14.9 Å². The van der Waals surface area contributed by atoms with Gasteiger partial charge in [0.25, 0.3) is 0 Å². The minimum atomic E-state index is 0.0611. The zero-order chi connectivity index (χ0) is 13.4. The Bertz CT molecular complexity index is 311. The van der Waals surface area contributed by atoms with E-state index >= 15 is 0 Å². The van der Waals surface area contributed by atoms with Gasteiger partial charge in [-0.15, -0.1) is 0 Å². The Labute approximate surface area is 111 Å². The van der Waals surface area contributed by atoms with Gasteiger partial charge in [-0.2, -0.15) is 0 Å². The standard InChI is InChI=1S/C16H26O2/c1-5-17-12-15(13-18-6-2)16(3,4)14-10-8-7-9-11-14/h7-11,15H,5-6,12-13H2,1-4H3. The van der Waals surface area contributed by atoms with E-state index in [1.54, 1.807) is 0 Å². The minimum absolute atomic E-state index is 0.0611. The lowest BCUT2D eigenvalue weighted by molar-refractivity contribution is 0.0194. The monoisotopic (exact) mass is 250 g/mol. The first-order valence-electron chi connectivity index (χ1n) is 6.83. The normalized spacial score (nSPS) is 12.1. The van der Waals surface area contributed by atoms with Gasteiger partial charge in [0.2, 0.25) is 0 Å². The van der Waals surface area contributed by atoms with E-state index in [9.17, 15) is 0 Å². The second-order valence-electron chi connectivity index (χ2n) is 5.10. The molecule has 0 atom stereocenters. The van der Waals surface area contributed by atoms with Crippen molar-refractivity contribution in [2.24, 2.45) is 5.92 Å². The Morgan fingerprint density at radius 2 is 1.44 bits per heavy atom. The SMILES string of the molecule is CCOCC(COCC)C(C)(C)c1ccccc1. The predicted octanol–water partition coefficient (Wildman–Crippen LogP) is 3.65. The molecule has 0 aromatic heterocycles. The maximum Gasteiger partial charge on any atom is 0.0524 e. The molecule has 18 heavy (non-hydrogen) atoms. The molecule has 0 amide bonds. The van der Waals surface area contributed by atoms with Crippen molar-refractivity contribution in [3.8, 4) is 0 Å². The molecule has 1 rings (SSSR count). The Kier molecular flexibility index (Phi) is 6.37. The van der Waals surface area contributed by atoms with Crippen LogP contribution in [0, 0.1) is 5.92 Å². The quantitative estimate of drug-likeness (QED) is 0.701. The highest BCUT2D eigenvalue weighted by Crippen LogP contribution is 2.32. The van der Waals surface area contributed by atoms with Crippen molar-refractivity contribution >= 4 is 0 Å². The number of rotatable bonds is 8. The lowest BCUT2D eigenvalue weighted by atomic mass is 9.74. The molecule has 0 unspecified atom stereocenters. The highest BCUT2D eigenvalue weighted by molar-refractivity contribution is 5.24. The second-order valence-corrected chi connectivity index (χ2v) is 5.10. The van der Waals surface area contributed by atoms with Gasteiger partial charge in [0.1, 0.15) is 0 Å². The third kappa shape index (κ3) is 4.11. The highest BCUT2D eigenvalue weighted by Gasteiger charge is 2.31. The van der Waals surface area contributed by atoms with Gasteiger partial charge < -0.3 is 9.47 Å². The van der Waals surface area contributed by atoms with Crippen LogP contribution in [0.2, 0.25) is 0 Å². The fourth-order valence-electron chi connectivity index (χ4n) is 2.09. The molecule has 0 saturated heterocycles. The van der Waals surface area contributed by atoms with E-state index < -0.39 is 0 Å². The summed E-state index contributed by atoms with van der Waals surface area (Å²) in [5.41, 5.74) is 1.40. The van der Waals surface area contributed by atoms with Crippen LogP contribution in [0.5, 0.6) is 0 Å². The van der Waals surface area contributed by atoms with Gasteiger partial charge in [0.05, 0.1) is 13.2 Å². The molecule has 0 spiro atoms. The largest absolute Gasteiger partial charge is 0.381 e. The van der Waals surface area contributed by atoms with Gasteiger partial charge >= 0.3 is 0 Å². The molecule has 0 N–H and O–H groups in total. The summed E-state index contributed by atoms with van der Waals surface area (Å²) in [7, 11) is 0. The van der Waals surface area contributed by atoms with E-state index in [0.29, 0.717) is 5.92 Å². The van der Waals surface area contributed by atoms with E-state index in [1.807, 2.05) is 13.8 Å². The van der Waals surface area contributed by atoms with Crippen LogP contribution in [0.25, 0.3) is 0 Å². The first kappa shape index (κ1) is 15.2. The van der Waals surface area contributed by atoms with Crippen molar-refractivity contribution in [3.63, 3.8) is 0 Å². The summed E-state index contributed by atoms with van der Waals surface area (Å²) in [6.07, 6.45) is 0. The van der Waals surface area contributed by atoms with Crippen LogP contribution in [0.15, 0.2) is 30.3 Å². The Hall–Kier alpha value is -0.860. The minimum Gasteiger partial charge on any atom is -0.381 e. The van der Waals surface area contributed by atoms with E-state index in [2.05, 4.69) is 44.2 Å². The van der Waals surface area contributed by atoms with Gasteiger partial charge in [-0.1, -0.05) is 44.2 Å². The van der Waals surface area contributed by atoms with Crippen LogP contribution >= 0.6 is 0 Å². The van der Waals surface area contributed by atoms with Crippen molar-refractivity contribution in [2.45, 2.75) is 33.1 Å². The van der Waals surface area contributed by atoms with Crippen LogP contribution in [-0.4, -0.2) is 26.4 Å². The molecule has 1 aromatic carbocycles. The molecule has 2 nitrogen and oxygen atoms in total. The summed E-state index contributed by atoms with van der Waals surface area (Å²) in [4.78, 5) is 0. The molecule has 0 heterocycles. The number of benzene rings is 1. The lowest BCUT2D eigenvalue weighted by Crippen LogP contribution is -2.35. The molecular weight excluding hydrogens is 224 g/mol. The smallest absolute Gasteiger partial charge is 0.0524 e. The molecule has 0 aliphatic heterocycles. The van der Waals surface area contributed by atoms with Crippen molar-refractivity contribution in [2.75, 3.05) is 26.4 Å². The highest BCUT2D eigenvalue weighted by atomic mass is 16.5. The molecule has 0 aliphatic carbocycles. The average Bonchev–Trinajstić information content (AvgIpc) is 2.39. The second kappa shape index (κ2) is 7.55. The Balaban J connectivity index is 2.80. The predicted molar refractivity (Wildman–Crippen MR) is 75.9 cm³/mol. The van der Waals surface area contributed by atoms with Crippen LogP contribution in [0.1, 0.15) is 33.3 Å². The van der Waals surface area contributed by atoms with Crippen molar-refractivity contribution in [1.29, 1.82) is 0 Å². The fraction of sp³-hybridized carbons (Fsp3) is 0.625. The van der Waals surface area contributed by atoms with E-state index in [0.717, 1.165) is 26.4 Å². The lowest BCUT2D eigenvalue weighted by Gasteiger charge is -2.34. The average molecular weight is 250 g/mol. The summed E-state index contributed by atoms with van der Waals surface area (Å²) in [6.45, 7) is 11.6. The van der Waals surface area contributed by atoms with Gasteiger partial charge in [-0.25, -0.2) is 0 Å². The van der Waals surface area contributed by atoms with Crippen LogP contribution in [0.3, 0.4) is 0 Å². The maximum atomic E-state index is 5.62. The maximum absolute atomic E-state index is 5.62. The zero-order valence-corrected chi connectivity index (χ0v) is 12.1. The zero-order valence-electron chi connectivity index (χ0n) is 12.1. The van der Waals surface area contributed by atoms with Crippen molar-refractivity contribution < 1.29 is 9.47 Å². The molecule has 102 valence electrons. The molecule has 0 saturated carbocycles. The van der Waals surface area contributed by atoms with E-state index in [4.69, 9.17) is 9.47 Å². The number of ether oxygens (including phenoxy) is 2. The Morgan fingerprint density at radius 1 is 0.944 bits per heavy atom. The summed E-state index contributed by atoms with van der Waals surface area (Å²) in [6, 6.07) is 10.6. The molecular formula is C16H26O2. The number of hydrogen-bond donors (Lipinski definition) is 0. The fourth-order valence-corrected chi connectivity index (χ4v) is 2.09. The van der Waals surface area contributed by atoms with Crippen LogP contribution < -0.4 is 0 Å². The molecule has 0 bridgehead atoms. The molecule has 0 aliphatic rings. The molecule has 2 heteroatoms. The topological polar surface area (TPSA) is 18.5 Å². The number of hydrogen-bond acceptors (Lipinski definition) is 2. The van der Waals surface area contributed by atoms with Crippen molar-refractivity contribution in [1.82, 2.24) is 0 Å². The van der Waals surface area contributed by atoms with Gasteiger partial charge in [0, 0.05) is 19.1 Å². The summed E-state index contributed by atoms with van der Waals surface area (Å²) in [5, 5.41) is 0. The van der Waals surface area contributed by atoms with Crippen LogP contribution in [0.4, 0.5) is 0 Å². The van der Waals surface area contributed by atoms with Gasteiger partial charge in [-0.3, -0.25) is 0 Å².